The van der Waals surface area contributed by atoms with Gasteiger partial charge in [0.15, 0.2) is 0 Å². The minimum absolute atomic E-state index is 0.193. The van der Waals surface area contributed by atoms with E-state index in [1.54, 1.807) is 11.3 Å². The van der Waals surface area contributed by atoms with Crippen LogP contribution in [0.4, 0.5) is 0 Å². The molecule has 1 aromatic heterocycles. The van der Waals surface area contributed by atoms with Crippen LogP contribution in [0.15, 0.2) is 145 Å². The Hall–Kier alpha value is -4.78. The first kappa shape index (κ1) is 25.5. The molecule has 0 bridgehead atoms. The molecule has 0 radical (unpaired) electrons. The number of nitrogens with zero attached hydrogens (tertiary/aromatic N) is 2. The molecule has 1 aliphatic rings. The van der Waals surface area contributed by atoms with Crippen molar-refractivity contribution in [2.24, 2.45) is 10.9 Å². The number of allylic oxidation sites excluding steroid dienone is 5. The zero-order valence-electron chi connectivity index (χ0n) is 22.1. The Morgan fingerprint density at radius 3 is 2.45 bits per heavy atom. The Kier molecular flexibility index (Phi) is 7.10. The monoisotopic (exact) mass is 532 g/mol. The molecule has 6 rings (SSSR count). The van der Waals surface area contributed by atoms with Crippen LogP contribution in [-0.2, 0) is 0 Å². The number of rotatable bonds is 8. The predicted molar refractivity (Wildman–Crippen MR) is 171 cm³/mol. The number of benzene rings is 4. The molecule has 4 aromatic carbocycles. The molecule has 3 heteroatoms. The topological polar surface area (TPSA) is 36.1 Å². The molecule has 0 N–H and O–H groups in total. The molecule has 5 aromatic rings. The van der Waals surface area contributed by atoms with Gasteiger partial charge in [-0.15, -0.1) is 11.3 Å². The minimum atomic E-state index is -0.212. The maximum absolute atomic E-state index is 9.60. The molecule has 0 fully saturated rings. The van der Waals surface area contributed by atoms with Crippen LogP contribution in [0.5, 0.6) is 0 Å². The molecule has 40 heavy (non-hydrogen) atoms. The van der Waals surface area contributed by atoms with E-state index in [2.05, 4.69) is 110 Å². The number of fused-ring (bicyclic) bond motifs is 3. The number of aliphatic imine (C=N–C) groups is 1. The molecule has 0 aliphatic heterocycles. The van der Waals surface area contributed by atoms with E-state index in [9.17, 15) is 5.26 Å². The van der Waals surface area contributed by atoms with E-state index in [-0.39, 0.29) is 12.0 Å². The highest BCUT2D eigenvalue weighted by atomic mass is 32.1. The number of hydrogen-bond donors (Lipinski definition) is 0. The highest BCUT2D eigenvalue weighted by Crippen LogP contribution is 2.40. The molecule has 0 spiro atoms. The molecule has 0 saturated carbocycles. The summed E-state index contributed by atoms with van der Waals surface area (Å²) in [5, 5.41) is 12.0. The number of thiophene rings is 1. The van der Waals surface area contributed by atoms with Crippen LogP contribution in [0.2, 0.25) is 0 Å². The lowest BCUT2D eigenvalue weighted by Crippen LogP contribution is -2.07. The quantitative estimate of drug-likeness (QED) is 0.145. The second-order valence-electron chi connectivity index (χ2n) is 9.99. The standard InChI is InChI=1S/C37H28N2S/c1-3-33(39-34(20-25(2)27-13-7-8-14-27)29-17-11-12-26(21-29)24-38)32-22-30(28-15-5-4-6-16-28)23-36-37(32)31-18-9-10-19-35(31)40-36/h3-19,21-23,27,34H,1-2,20H2. The van der Waals surface area contributed by atoms with Gasteiger partial charge in [0.2, 0.25) is 0 Å². The SMILES string of the molecule is C=CC(=NC(CC(=C)C1C=CC=C1)c1cccc(C#N)c1)c1cc(-c2ccccc2)cc2sc3ccccc3c12. The second-order valence-corrected chi connectivity index (χ2v) is 11.1. The summed E-state index contributed by atoms with van der Waals surface area (Å²) in [6, 6.07) is 33.4. The van der Waals surface area contributed by atoms with Gasteiger partial charge in [0.25, 0.3) is 0 Å². The van der Waals surface area contributed by atoms with Gasteiger partial charge in [0.05, 0.1) is 23.4 Å². The number of nitriles is 1. The maximum atomic E-state index is 9.60. The summed E-state index contributed by atoms with van der Waals surface area (Å²) in [6.07, 6.45) is 11.0. The Morgan fingerprint density at radius 2 is 1.68 bits per heavy atom. The first-order valence-electron chi connectivity index (χ1n) is 13.4. The first-order valence-corrected chi connectivity index (χ1v) is 14.2. The van der Waals surface area contributed by atoms with E-state index in [0.29, 0.717) is 12.0 Å². The van der Waals surface area contributed by atoms with Crippen molar-refractivity contribution in [1.29, 1.82) is 5.26 Å². The van der Waals surface area contributed by atoms with Crippen molar-refractivity contribution in [2.75, 3.05) is 0 Å². The third kappa shape index (κ3) is 4.98. The van der Waals surface area contributed by atoms with Gasteiger partial charge in [-0.05, 0) is 59.5 Å². The van der Waals surface area contributed by atoms with Crippen LogP contribution in [0.3, 0.4) is 0 Å². The van der Waals surface area contributed by atoms with Crippen LogP contribution < -0.4 is 0 Å². The first-order chi connectivity index (χ1) is 19.6. The Labute approximate surface area is 239 Å². The summed E-state index contributed by atoms with van der Waals surface area (Å²) in [6.45, 7) is 8.65. The Bertz CT molecular complexity index is 1870. The van der Waals surface area contributed by atoms with Crippen molar-refractivity contribution in [3.63, 3.8) is 0 Å². The van der Waals surface area contributed by atoms with Gasteiger partial charge in [-0.2, -0.15) is 5.26 Å². The summed E-state index contributed by atoms with van der Waals surface area (Å²) < 4.78 is 2.47. The van der Waals surface area contributed by atoms with E-state index >= 15 is 0 Å². The summed E-state index contributed by atoms with van der Waals surface area (Å²) in [5.41, 5.74) is 6.93. The minimum Gasteiger partial charge on any atom is -0.276 e. The van der Waals surface area contributed by atoms with E-state index in [0.717, 1.165) is 33.5 Å². The summed E-state index contributed by atoms with van der Waals surface area (Å²) in [4.78, 5) is 5.38. The van der Waals surface area contributed by atoms with Crippen molar-refractivity contribution in [3.05, 3.63) is 157 Å². The summed E-state index contributed by atoms with van der Waals surface area (Å²) in [5.74, 6) is 0.193. The summed E-state index contributed by atoms with van der Waals surface area (Å²) >= 11 is 1.81. The third-order valence-electron chi connectivity index (χ3n) is 7.43. The van der Waals surface area contributed by atoms with Crippen LogP contribution in [0.1, 0.15) is 29.2 Å². The van der Waals surface area contributed by atoms with Crippen molar-refractivity contribution < 1.29 is 0 Å². The molecule has 1 unspecified atom stereocenters. The smallest absolute Gasteiger partial charge is 0.0991 e. The van der Waals surface area contributed by atoms with Gasteiger partial charge in [-0.25, -0.2) is 0 Å². The molecule has 192 valence electrons. The molecule has 1 atom stereocenters. The lowest BCUT2D eigenvalue weighted by molar-refractivity contribution is 0.688. The van der Waals surface area contributed by atoms with Crippen LogP contribution >= 0.6 is 11.3 Å². The third-order valence-corrected chi connectivity index (χ3v) is 8.54. The average molecular weight is 533 g/mol. The number of hydrogen-bond acceptors (Lipinski definition) is 3. The average Bonchev–Trinajstić information content (AvgIpc) is 3.68. The predicted octanol–water partition coefficient (Wildman–Crippen LogP) is 10.00. The van der Waals surface area contributed by atoms with E-state index < -0.39 is 0 Å². The lowest BCUT2D eigenvalue weighted by atomic mass is 9.91. The molecule has 1 heterocycles. The van der Waals surface area contributed by atoms with Gasteiger partial charge in [-0.3, -0.25) is 4.99 Å². The lowest BCUT2D eigenvalue weighted by Gasteiger charge is -2.19. The van der Waals surface area contributed by atoms with Gasteiger partial charge < -0.3 is 0 Å². The maximum Gasteiger partial charge on any atom is 0.0991 e. The fraction of sp³-hybridized carbons (Fsp3) is 0.0811. The highest BCUT2D eigenvalue weighted by molar-refractivity contribution is 7.25. The van der Waals surface area contributed by atoms with Crippen LogP contribution in [-0.4, -0.2) is 5.71 Å². The van der Waals surface area contributed by atoms with Crippen molar-refractivity contribution in [2.45, 2.75) is 12.5 Å². The van der Waals surface area contributed by atoms with Crippen molar-refractivity contribution in [3.8, 4) is 17.2 Å². The molecule has 1 aliphatic carbocycles. The van der Waals surface area contributed by atoms with Crippen molar-refractivity contribution in [1.82, 2.24) is 0 Å². The molecular weight excluding hydrogens is 504 g/mol. The Balaban J connectivity index is 1.55. The zero-order chi connectivity index (χ0) is 27.5. The van der Waals surface area contributed by atoms with Crippen molar-refractivity contribution >= 4 is 37.2 Å². The fourth-order valence-corrected chi connectivity index (χ4v) is 6.57. The van der Waals surface area contributed by atoms with E-state index in [4.69, 9.17) is 4.99 Å². The molecule has 0 saturated heterocycles. The summed E-state index contributed by atoms with van der Waals surface area (Å²) in [7, 11) is 0. The molecular formula is C37H28N2S. The Morgan fingerprint density at radius 1 is 0.900 bits per heavy atom. The molecule has 2 nitrogen and oxygen atoms in total. The van der Waals surface area contributed by atoms with E-state index in [1.165, 1.54) is 20.2 Å². The largest absolute Gasteiger partial charge is 0.276 e. The van der Waals surface area contributed by atoms with Gasteiger partial charge in [0.1, 0.15) is 0 Å². The zero-order valence-corrected chi connectivity index (χ0v) is 22.9. The van der Waals surface area contributed by atoms with Gasteiger partial charge in [0, 0.05) is 31.7 Å². The fourth-order valence-electron chi connectivity index (χ4n) is 5.40. The van der Waals surface area contributed by atoms with Gasteiger partial charge >= 0.3 is 0 Å². The van der Waals surface area contributed by atoms with Crippen LogP contribution in [0, 0.1) is 17.2 Å². The highest BCUT2D eigenvalue weighted by Gasteiger charge is 2.20. The van der Waals surface area contributed by atoms with E-state index in [1.807, 2.05) is 30.3 Å². The molecule has 0 amide bonds. The second kappa shape index (κ2) is 11.1. The van der Waals surface area contributed by atoms with Crippen LogP contribution in [0.25, 0.3) is 31.3 Å². The normalized spacial score (nSPS) is 14.0. The van der Waals surface area contributed by atoms with Gasteiger partial charge in [-0.1, -0.05) is 104 Å².